The van der Waals surface area contributed by atoms with E-state index in [-0.39, 0.29) is 5.54 Å². The zero-order valence-corrected chi connectivity index (χ0v) is 13.4. The molecule has 0 amide bonds. The molecule has 3 nitrogen and oxygen atoms in total. The quantitative estimate of drug-likeness (QED) is 0.911. The van der Waals surface area contributed by atoms with Crippen LogP contribution in [0.5, 0.6) is 0 Å². The monoisotopic (exact) mass is 275 g/mol. The van der Waals surface area contributed by atoms with Crippen LogP contribution >= 0.6 is 0 Å². The van der Waals surface area contributed by atoms with Crippen LogP contribution in [0.1, 0.15) is 58.9 Å². The summed E-state index contributed by atoms with van der Waals surface area (Å²) in [5, 5.41) is 3.55. The second kappa shape index (κ2) is 6.57. The third kappa shape index (κ3) is 4.48. The van der Waals surface area contributed by atoms with E-state index in [9.17, 15) is 0 Å². The van der Waals surface area contributed by atoms with Crippen LogP contribution in [0.4, 0.5) is 5.82 Å². The van der Waals surface area contributed by atoms with Crippen LogP contribution in [0.3, 0.4) is 0 Å². The molecule has 0 spiro atoms. The van der Waals surface area contributed by atoms with Crippen LogP contribution < -0.4 is 10.2 Å². The molecule has 3 heteroatoms. The van der Waals surface area contributed by atoms with E-state index < -0.39 is 0 Å². The Morgan fingerprint density at radius 2 is 2.10 bits per heavy atom. The van der Waals surface area contributed by atoms with Crippen molar-refractivity contribution in [2.45, 2.75) is 71.5 Å². The molecule has 1 aliphatic rings. The topological polar surface area (TPSA) is 28.2 Å². The Morgan fingerprint density at radius 1 is 1.30 bits per heavy atom. The van der Waals surface area contributed by atoms with Gasteiger partial charge in [0.05, 0.1) is 0 Å². The first-order chi connectivity index (χ1) is 9.46. The molecule has 1 unspecified atom stereocenters. The molecule has 2 rings (SSSR count). The minimum atomic E-state index is 0.152. The lowest BCUT2D eigenvalue weighted by Gasteiger charge is -2.29. The van der Waals surface area contributed by atoms with Crippen molar-refractivity contribution in [3.8, 4) is 0 Å². The van der Waals surface area contributed by atoms with E-state index in [4.69, 9.17) is 0 Å². The Morgan fingerprint density at radius 3 is 2.85 bits per heavy atom. The summed E-state index contributed by atoms with van der Waals surface area (Å²) in [6, 6.07) is 4.97. The summed E-state index contributed by atoms with van der Waals surface area (Å²) >= 11 is 0. The fraction of sp³-hybridized carbons (Fsp3) is 0.706. The number of hydrogen-bond acceptors (Lipinski definition) is 3. The molecule has 0 aromatic carbocycles. The van der Waals surface area contributed by atoms with Gasteiger partial charge in [0, 0.05) is 30.9 Å². The van der Waals surface area contributed by atoms with Crippen LogP contribution in [0.25, 0.3) is 0 Å². The van der Waals surface area contributed by atoms with Gasteiger partial charge >= 0.3 is 0 Å². The predicted octanol–water partition coefficient (Wildman–Crippen LogP) is 3.74. The summed E-state index contributed by atoms with van der Waals surface area (Å²) in [5.41, 5.74) is 1.47. The molecule has 0 aliphatic carbocycles. The molecule has 1 saturated heterocycles. The van der Waals surface area contributed by atoms with Crippen molar-refractivity contribution < 1.29 is 0 Å². The van der Waals surface area contributed by atoms with Gasteiger partial charge in [0.2, 0.25) is 0 Å². The standard InChI is InChI=1S/C17H29N3/c1-14-8-6-5-7-11-20(14)16-12-15(9-10-18-16)13-19-17(2,3)4/h9-10,12,14,19H,5-8,11,13H2,1-4H3. The van der Waals surface area contributed by atoms with Gasteiger partial charge in [-0.05, 0) is 58.2 Å². The number of aromatic nitrogens is 1. The number of rotatable bonds is 3. The first-order valence-electron chi connectivity index (χ1n) is 7.92. The first-order valence-corrected chi connectivity index (χ1v) is 7.92. The molecule has 1 atom stereocenters. The van der Waals surface area contributed by atoms with Crippen LogP contribution in [0, 0.1) is 0 Å². The molecule has 1 N–H and O–H groups in total. The fourth-order valence-corrected chi connectivity index (χ4v) is 2.71. The maximum atomic E-state index is 4.60. The highest BCUT2D eigenvalue weighted by molar-refractivity contribution is 5.42. The van der Waals surface area contributed by atoms with Gasteiger partial charge < -0.3 is 10.2 Å². The molecule has 112 valence electrons. The van der Waals surface area contributed by atoms with E-state index in [2.05, 4.69) is 55.0 Å². The lowest BCUT2D eigenvalue weighted by atomic mass is 10.1. The molecule has 0 bridgehead atoms. The Balaban J connectivity index is 2.08. The molecule has 1 aromatic heterocycles. The number of pyridine rings is 1. The van der Waals surface area contributed by atoms with E-state index in [0.29, 0.717) is 6.04 Å². The van der Waals surface area contributed by atoms with Crippen LogP contribution in [-0.4, -0.2) is 23.1 Å². The Bertz CT molecular complexity index is 422. The maximum Gasteiger partial charge on any atom is 0.129 e. The van der Waals surface area contributed by atoms with Crippen molar-refractivity contribution in [1.29, 1.82) is 0 Å². The molecule has 1 aliphatic heterocycles. The zero-order valence-electron chi connectivity index (χ0n) is 13.4. The molecular formula is C17H29N3. The number of nitrogens with one attached hydrogen (secondary N) is 1. The number of nitrogens with zero attached hydrogens (tertiary/aromatic N) is 2. The summed E-state index contributed by atoms with van der Waals surface area (Å²) in [7, 11) is 0. The maximum absolute atomic E-state index is 4.60. The van der Waals surface area contributed by atoms with E-state index in [1.165, 1.54) is 31.2 Å². The minimum absolute atomic E-state index is 0.152. The van der Waals surface area contributed by atoms with Crippen molar-refractivity contribution in [2.24, 2.45) is 0 Å². The van der Waals surface area contributed by atoms with Crippen molar-refractivity contribution in [3.63, 3.8) is 0 Å². The highest BCUT2D eigenvalue weighted by Gasteiger charge is 2.18. The Kier molecular flexibility index (Phi) is 5.03. The minimum Gasteiger partial charge on any atom is -0.354 e. The molecule has 1 aromatic rings. The van der Waals surface area contributed by atoms with Crippen molar-refractivity contribution in [2.75, 3.05) is 11.4 Å². The summed E-state index contributed by atoms with van der Waals surface area (Å²) in [6.07, 6.45) is 7.23. The second-order valence-corrected chi connectivity index (χ2v) is 7.02. The van der Waals surface area contributed by atoms with Gasteiger partial charge in [-0.3, -0.25) is 0 Å². The summed E-state index contributed by atoms with van der Waals surface area (Å²) in [5.74, 6) is 1.15. The lowest BCUT2D eigenvalue weighted by molar-refractivity contribution is 0.424. The Labute approximate surface area is 123 Å². The predicted molar refractivity (Wildman–Crippen MR) is 86.1 cm³/mol. The summed E-state index contributed by atoms with van der Waals surface area (Å²) < 4.78 is 0. The SMILES string of the molecule is CC1CCCCCN1c1cc(CNC(C)(C)C)ccn1. The largest absolute Gasteiger partial charge is 0.354 e. The van der Waals surface area contributed by atoms with Crippen molar-refractivity contribution in [3.05, 3.63) is 23.9 Å². The normalized spacial score (nSPS) is 20.8. The van der Waals surface area contributed by atoms with Crippen LogP contribution in [0.15, 0.2) is 18.3 Å². The van der Waals surface area contributed by atoms with Gasteiger partial charge in [0.1, 0.15) is 5.82 Å². The average Bonchev–Trinajstić information content (AvgIpc) is 2.61. The Hall–Kier alpha value is -1.09. The third-order valence-electron chi connectivity index (χ3n) is 3.98. The molecule has 2 heterocycles. The number of hydrogen-bond donors (Lipinski definition) is 1. The van der Waals surface area contributed by atoms with E-state index >= 15 is 0 Å². The highest BCUT2D eigenvalue weighted by Crippen LogP contribution is 2.23. The molecule has 20 heavy (non-hydrogen) atoms. The van der Waals surface area contributed by atoms with Crippen molar-refractivity contribution in [1.82, 2.24) is 10.3 Å². The van der Waals surface area contributed by atoms with E-state index in [0.717, 1.165) is 18.9 Å². The van der Waals surface area contributed by atoms with E-state index in [1.54, 1.807) is 0 Å². The number of anilines is 1. The summed E-state index contributed by atoms with van der Waals surface area (Å²) in [6.45, 7) is 11.0. The van der Waals surface area contributed by atoms with Gasteiger partial charge in [-0.1, -0.05) is 12.8 Å². The van der Waals surface area contributed by atoms with Crippen LogP contribution in [0.2, 0.25) is 0 Å². The van der Waals surface area contributed by atoms with Gasteiger partial charge in [-0.2, -0.15) is 0 Å². The smallest absolute Gasteiger partial charge is 0.129 e. The van der Waals surface area contributed by atoms with Crippen molar-refractivity contribution >= 4 is 5.82 Å². The first kappa shape index (κ1) is 15.3. The van der Waals surface area contributed by atoms with Gasteiger partial charge in [-0.15, -0.1) is 0 Å². The second-order valence-electron chi connectivity index (χ2n) is 7.02. The summed E-state index contributed by atoms with van der Waals surface area (Å²) in [4.78, 5) is 7.08. The molecule has 1 fully saturated rings. The molecule has 0 radical (unpaired) electrons. The van der Waals surface area contributed by atoms with Gasteiger partial charge in [0.25, 0.3) is 0 Å². The van der Waals surface area contributed by atoms with E-state index in [1.807, 2.05) is 6.20 Å². The highest BCUT2D eigenvalue weighted by atomic mass is 15.2. The molecular weight excluding hydrogens is 246 g/mol. The fourth-order valence-electron chi connectivity index (χ4n) is 2.71. The molecule has 0 saturated carbocycles. The lowest BCUT2D eigenvalue weighted by Crippen LogP contribution is -2.35. The third-order valence-corrected chi connectivity index (χ3v) is 3.98. The van der Waals surface area contributed by atoms with Crippen LogP contribution in [-0.2, 0) is 6.54 Å². The van der Waals surface area contributed by atoms with Gasteiger partial charge in [0.15, 0.2) is 0 Å². The zero-order chi connectivity index (χ0) is 14.6. The van der Waals surface area contributed by atoms with Gasteiger partial charge in [-0.25, -0.2) is 4.98 Å². The average molecular weight is 275 g/mol.